The van der Waals surface area contributed by atoms with Gasteiger partial charge in [0.1, 0.15) is 23.3 Å². The first kappa shape index (κ1) is 31.9. The second kappa shape index (κ2) is 14.3. The van der Waals surface area contributed by atoms with Crippen molar-refractivity contribution in [3.05, 3.63) is 72.8 Å². The number of nitrogens with one attached hydrogen (secondary N) is 1. The lowest BCUT2D eigenvalue weighted by molar-refractivity contribution is -0.151. The number of nitrogens with zero attached hydrogens (tertiary/aromatic N) is 1. The zero-order valence-electron chi connectivity index (χ0n) is 25.0. The van der Waals surface area contributed by atoms with Gasteiger partial charge in [0.15, 0.2) is 0 Å². The van der Waals surface area contributed by atoms with Crippen molar-refractivity contribution < 1.29 is 28.6 Å². The van der Waals surface area contributed by atoms with Gasteiger partial charge >= 0.3 is 12.1 Å². The van der Waals surface area contributed by atoms with Gasteiger partial charge < -0.3 is 24.4 Å². The third kappa shape index (κ3) is 8.43. The maximum absolute atomic E-state index is 14.0. The minimum Gasteiger partial charge on any atom is -0.467 e. The third-order valence-corrected chi connectivity index (χ3v) is 7.38. The number of unbranched alkanes of at least 4 members (excludes halogenated alkanes) is 3. The number of allylic oxidation sites excluding steroid dienone is 1. The number of hydrogen-bond donors (Lipinski definition) is 1. The van der Waals surface area contributed by atoms with Crippen molar-refractivity contribution in [2.75, 3.05) is 20.8 Å². The summed E-state index contributed by atoms with van der Waals surface area (Å²) in [6, 6.07) is 16.3. The lowest BCUT2D eigenvalue weighted by atomic mass is 9.89. The molecule has 0 aliphatic carbocycles. The van der Waals surface area contributed by atoms with E-state index in [0.717, 1.165) is 36.0 Å². The Bertz CT molecular complexity index is 1170. The summed E-state index contributed by atoms with van der Waals surface area (Å²) >= 11 is 0. The van der Waals surface area contributed by atoms with E-state index < -0.39 is 35.3 Å². The van der Waals surface area contributed by atoms with Gasteiger partial charge in [-0.15, -0.1) is 6.58 Å². The molecule has 1 heterocycles. The summed E-state index contributed by atoms with van der Waals surface area (Å²) in [5.74, 6) is -0.894. The van der Waals surface area contributed by atoms with Gasteiger partial charge in [-0.2, -0.15) is 0 Å². The monoisotopic (exact) mass is 564 g/mol. The Balaban J connectivity index is 1.88. The van der Waals surface area contributed by atoms with Gasteiger partial charge in [0.05, 0.1) is 13.7 Å². The van der Waals surface area contributed by atoms with Gasteiger partial charge in [0.25, 0.3) is 0 Å². The SMILES string of the molecule is C=CCCCCC[C@H](NC(=O)OC(C)(C)C)C(=O)N1CC(OC)(c2ccc(-c3ccccc3)cc2)CC1C(=O)OC. The van der Waals surface area contributed by atoms with Gasteiger partial charge in [-0.1, -0.05) is 73.5 Å². The van der Waals surface area contributed by atoms with Gasteiger partial charge in [-0.25, -0.2) is 9.59 Å². The van der Waals surface area contributed by atoms with Crippen LogP contribution in [0.5, 0.6) is 0 Å². The summed E-state index contributed by atoms with van der Waals surface area (Å²) in [6.07, 6.45) is 5.24. The molecule has 2 aromatic rings. The number of benzene rings is 2. The zero-order valence-corrected chi connectivity index (χ0v) is 25.0. The van der Waals surface area contributed by atoms with Gasteiger partial charge in [-0.05, 0) is 56.7 Å². The van der Waals surface area contributed by atoms with Crippen molar-refractivity contribution in [2.24, 2.45) is 0 Å². The van der Waals surface area contributed by atoms with Crippen LogP contribution in [0.2, 0.25) is 0 Å². The van der Waals surface area contributed by atoms with E-state index in [-0.39, 0.29) is 18.9 Å². The van der Waals surface area contributed by atoms with Crippen LogP contribution in [0.15, 0.2) is 67.3 Å². The zero-order chi connectivity index (χ0) is 30.0. The van der Waals surface area contributed by atoms with Crippen LogP contribution in [-0.4, -0.2) is 61.3 Å². The highest BCUT2D eigenvalue weighted by atomic mass is 16.6. The minimum atomic E-state index is -0.926. The molecule has 0 spiro atoms. The molecule has 2 unspecified atom stereocenters. The van der Waals surface area contributed by atoms with Crippen molar-refractivity contribution in [1.82, 2.24) is 10.2 Å². The first-order valence-electron chi connectivity index (χ1n) is 14.2. The number of likely N-dealkylation sites (tertiary alicyclic amines) is 1. The number of ether oxygens (including phenoxy) is 3. The Morgan fingerprint density at radius 1 is 1.02 bits per heavy atom. The lowest BCUT2D eigenvalue weighted by Crippen LogP contribution is -2.53. The molecule has 222 valence electrons. The molecule has 1 fully saturated rings. The largest absolute Gasteiger partial charge is 0.467 e. The van der Waals surface area contributed by atoms with E-state index in [1.165, 1.54) is 12.0 Å². The highest BCUT2D eigenvalue weighted by Gasteiger charge is 2.51. The molecule has 0 saturated carbocycles. The number of carbonyl (C=O) groups is 3. The second-order valence-corrected chi connectivity index (χ2v) is 11.5. The summed E-state index contributed by atoms with van der Waals surface area (Å²) in [7, 11) is 2.89. The fraction of sp³-hybridized carbons (Fsp3) is 0.485. The van der Waals surface area contributed by atoms with E-state index in [1.807, 2.05) is 60.7 Å². The molecular weight excluding hydrogens is 520 g/mol. The molecule has 1 saturated heterocycles. The van der Waals surface area contributed by atoms with Crippen LogP contribution in [0.25, 0.3) is 11.1 Å². The molecule has 0 radical (unpaired) electrons. The van der Waals surface area contributed by atoms with Crippen molar-refractivity contribution in [3.63, 3.8) is 0 Å². The highest BCUT2D eigenvalue weighted by molar-refractivity contribution is 5.90. The summed E-state index contributed by atoms with van der Waals surface area (Å²) in [4.78, 5) is 41.2. The first-order chi connectivity index (χ1) is 19.5. The van der Waals surface area contributed by atoms with E-state index in [2.05, 4.69) is 11.9 Å². The molecule has 3 atom stereocenters. The van der Waals surface area contributed by atoms with Crippen LogP contribution < -0.4 is 5.32 Å². The average Bonchev–Trinajstić information content (AvgIpc) is 3.36. The maximum Gasteiger partial charge on any atom is 0.408 e. The molecule has 41 heavy (non-hydrogen) atoms. The molecular formula is C33H44N2O6. The standard InChI is InChI=1S/C33H44N2O6/c1-7-8-9-10-14-17-27(34-31(38)41-32(2,3)4)29(36)35-23-33(40-6,22-28(35)30(37)39-5)26-20-18-25(19-21-26)24-15-12-11-13-16-24/h7,11-13,15-16,18-21,27-28H,1,8-10,14,17,22-23H2,2-6H3,(H,34,38)/t27-,28?,33?/m0/s1. The number of alkyl carbamates (subject to hydrolysis) is 1. The van der Waals surface area contributed by atoms with Crippen molar-refractivity contribution >= 4 is 18.0 Å². The van der Waals surface area contributed by atoms with E-state index >= 15 is 0 Å². The Kier molecular flexibility index (Phi) is 11.1. The average molecular weight is 565 g/mol. The van der Waals surface area contributed by atoms with Crippen LogP contribution in [0.1, 0.15) is 64.9 Å². The first-order valence-corrected chi connectivity index (χ1v) is 14.2. The summed E-state index contributed by atoms with van der Waals surface area (Å²) in [5.41, 5.74) is 1.34. The summed E-state index contributed by atoms with van der Waals surface area (Å²) < 4.78 is 16.6. The Morgan fingerprint density at radius 3 is 2.27 bits per heavy atom. The van der Waals surface area contributed by atoms with Crippen molar-refractivity contribution in [3.8, 4) is 11.1 Å². The third-order valence-electron chi connectivity index (χ3n) is 7.38. The predicted molar refractivity (Wildman–Crippen MR) is 159 cm³/mol. The molecule has 0 aromatic heterocycles. The number of rotatable bonds is 12. The molecule has 1 aliphatic heterocycles. The lowest BCUT2D eigenvalue weighted by Gasteiger charge is -2.31. The normalized spacial score (nSPS) is 19.3. The van der Waals surface area contributed by atoms with Gasteiger partial charge in [0, 0.05) is 13.5 Å². The van der Waals surface area contributed by atoms with E-state index in [9.17, 15) is 14.4 Å². The maximum atomic E-state index is 14.0. The van der Waals surface area contributed by atoms with E-state index in [1.54, 1.807) is 27.9 Å². The number of carbonyl (C=O) groups excluding carboxylic acids is 3. The van der Waals surface area contributed by atoms with Gasteiger partial charge in [-0.3, -0.25) is 4.79 Å². The number of esters is 1. The van der Waals surface area contributed by atoms with Crippen LogP contribution in [0, 0.1) is 0 Å². The quantitative estimate of drug-likeness (QED) is 0.193. The van der Waals surface area contributed by atoms with Crippen molar-refractivity contribution in [2.45, 2.75) is 82.6 Å². The number of amides is 2. The molecule has 2 amide bonds. The molecule has 8 heteroatoms. The molecule has 3 rings (SSSR count). The van der Waals surface area contributed by atoms with Crippen LogP contribution in [-0.2, 0) is 29.4 Å². The highest BCUT2D eigenvalue weighted by Crippen LogP contribution is 2.40. The fourth-order valence-electron chi connectivity index (χ4n) is 5.24. The molecule has 2 aromatic carbocycles. The van der Waals surface area contributed by atoms with Crippen molar-refractivity contribution in [1.29, 1.82) is 0 Å². The van der Waals surface area contributed by atoms with E-state index in [0.29, 0.717) is 12.8 Å². The second-order valence-electron chi connectivity index (χ2n) is 11.5. The topological polar surface area (TPSA) is 94.2 Å². The molecule has 0 bridgehead atoms. The smallest absolute Gasteiger partial charge is 0.408 e. The predicted octanol–water partition coefficient (Wildman–Crippen LogP) is 6.00. The molecule has 8 nitrogen and oxygen atoms in total. The number of methoxy groups -OCH3 is 2. The van der Waals surface area contributed by atoms with Crippen LogP contribution in [0.3, 0.4) is 0 Å². The Hall–Kier alpha value is -3.65. The minimum absolute atomic E-state index is 0.135. The van der Waals surface area contributed by atoms with Gasteiger partial charge in [0.2, 0.25) is 5.91 Å². The Morgan fingerprint density at radius 2 is 1.68 bits per heavy atom. The summed E-state index contributed by atoms with van der Waals surface area (Å²) in [5, 5.41) is 2.76. The van der Waals surface area contributed by atoms with E-state index in [4.69, 9.17) is 14.2 Å². The van der Waals surface area contributed by atoms with Crippen LogP contribution in [0.4, 0.5) is 4.79 Å². The Labute approximate surface area is 244 Å². The fourth-order valence-corrected chi connectivity index (χ4v) is 5.24. The summed E-state index contributed by atoms with van der Waals surface area (Å²) in [6.45, 7) is 9.19. The number of hydrogen-bond acceptors (Lipinski definition) is 6. The van der Waals surface area contributed by atoms with Crippen LogP contribution >= 0.6 is 0 Å². The molecule has 1 N–H and O–H groups in total. The molecule has 1 aliphatic rings.